The van der Waals surface area contributed by atoms with Crippen LogP contribution in [0.1, 0.15) is 173 Å². The number of carboxylic acid groups (broad SMARTS) is 1. The highest BCUT2D eigenvalue weighted by Gasteiger charge is 2.68. The maximum atomic E-state index is 13.5. The summed E-state index contributed by atoms with van der Waals surface area (Å²) in [4.78, 5) is 10.4. The number of halogens is 1. The van der Waals surface area contributed by atoms with Crippen LogP contribution in [0.2, 0.25) is 0 Å². The van der Waals surface area contributed by atoms with Crippen molar-refractivity contribution in [3.05, 3.63) is 0 Å². The summed E-state index contributed by atoms with van der Waals surface area (Å²) in [5.41, 5.74) is -0.226. The lowest BCUT2D eigenvalue weighted by atomic mass is 9.41. The molecule has 0 aromatic heterocycles. The van der Waals surface area contributed by atoms with E-state index in [1.54, 1.807) is 0 Å². The van der Waals surface area contributed by atoms with Gasteiger partial charge in [0.1, 0.15) is 5.67 Å². The fourth-order valence-corrected chi connectivity index (χ4v) is 6.44. The number of carboxylic acids is 1. The fraction of sp³-hybridized carbons (Fsp3) is 0.967. The molecule has 3 fully saturated rings. The minimum absolute atomic E-state index is 0.340. The average Bonchev–Trinajstić information content (AvgIpc) is 2.74. The summed E-state index contributed by atoms with van der Waals surface area (Å²) < 4.78 is 13.5. The molecule has 0 aliphatic heterocycles. The highest BCUT2D eigenvalue weighted by Crippen LogP contribution is 2.71. The summed E-state index contributed by atoms with van der Waals surface area (Å²) in [6, 6.07) is 0. The van der Waals surface area contributed by atoms with Crippen molar-refractivity contribution in [1.29, 1.82) is 0 Å². The predicted octanol–water partition coefficient (Wildman–Crippen LogP) is 10.3. The van der Waals surface area contributed by atoms with Crippen LogP contribution < -0.4 is 0 Å². The number of hydrogen-bond donors (Lipinski definition) is 1. The molecule has 33 heavy (non-hydrogen) atoms. The smallest absolute Gasteiger partial charge is 0.303 e. The van der Waals surface area contributed by atoms with Crippen molar-refractivity contribution in [2.24, 2.45) is 5.41 Å². The summed E-state index contributed by atoms with van der Waals surface area (Å²) >= 11 is 0. The van der Waals surface area contributed by atoms with Crippen LogP contribution in [0.15, 0.2) is 0 Å². The van der Waals surface area contributed by atoms with Crippen molar-refractivity contribution >= 4 is 5.97 Å². The Labute approximate surface area is 204 Å². The van der Waals surface area contributed by atoms with Gasteiger partial charge in [0.2, 0.25) is 0 Å². The van der Waals surface area contributed by atoms with Gasteiger partial charge in [0.25, 0.3) is 0 Å². The molecule has 194 valence electrons. The Morgan fingerprint density at radius 2 is 0.788 bits per heavy atom. The third kappa shape index (κ3) is 13.2. The van der Waals surface area contributed by atoms with Gasteiger partial charge in [-0.15, -0.1) is 0 Å². The Bertz CT molecular complexity index is 484. The molecule has 2 bridgehead atoms. The molecule has 3 heteroatoms. The SMILES string of the molecule is O=C(O)CCCCCCCCCCCCCCCCCCCCCCCCC12CC(F)(C1)C2. The molecule has 1 N–H and O–H groups in total. The third-order valence-electron chi connectivity index (χ3n) is 8.42. The van der Waals surface area contributed by atoms with Crippen molar-refractivity contribution in [1.82, 2.24) is 0 Å². The van der Waals surface area contributed by atoms with E-state index in [1.807, 2.05) is 0 Å². The quantitative estimate of drug-likeness (QED) is 0.136. The van der Waals surface area contributed by atoms with Crippen molar-refractivity contribution in [2.45, 2.75) is 179 Å². The monoisotopic (exact) mass is 466 g/mol. The third-order valence-corrected chi connectivity index (χ3v) is 8.42. The molecular weight excluding hydrogens is 411 g/mol. The van der Waals surface area contributed by atoms with E-state index in [4.69, 9.17) is 5.11 Å². The Hall–Kier alpha value is -0.600. The zero-order valence-corrected chi connectivity index (χ0v) is 21.8. The van der Waals surface area contributed by atoms with Crippen LogP contribution in [0.25, 0.3) is 0 Å². The molecule has 0 atom stereocenters. The van der Waals surface area contributed by atoms with E-state index in [1.165, 1.54) is 135 Å². The van der Waals surface area contributed by atoms with Crippen LogP contribution in [-0.2, 0) is 4.79 Å². The molecule has 3 aliphatic carbocycles. The van der Waals surface area contributed by atoms with Gasteiger partial charge in [-0.2, -0.15) is 0 Å². The first-order chi connectivity index (χ1) is 16.0. The predicted molar refractivity (Wildman–Crippen MR) is 139 cm³/mol. The van der Waals surface area contributed by atoms with Gasteiger partial charge in [-0.25, -0.2) is 4.39 Å². The second-order valence-corrected chi connectivity index (χ2v) is 11.9. The van der Waals surface area contributed by atoms with Crippen LogP contribution in [0, 0.1) is 5.41 Å². The van der Waals surface area contributed by atoms with E-state index in [0.717, 1.165) is 32.1 Å². The minimum atomic E-state index is -0.700. The molecular formula is C30H55FO2. The molecule has 0 aromatic carbocycles. The molecule has 3 saturated carbocycles. The van der Waals surface area contributed by atoms with Gasteiger partial charge in [0.15, 0.2) is 0 Å². The topological polar surface area (TPSA) is 37.3 Å². The molecule has 0 amide bonds. The molecule has 3 aliphatic rings. The zero-order chi connectivity index (χ0) is 23.7. The molecule has 0 radical (unpaired) electrons. The van der Waals surface area contributed by atoms with Crippen LogP contribution in [0.4, 0.5) is 4.39 Å². The zero-order valence-electron chi connectivity index (χ0n) is 21.8. The highest BCUT2D eigenvalue weighted by atomic mass is 19.1. The van der Waals surface area contributed by atoms with Gasteiger partial charge in [0.05, 0.1) is 0 Å². The van der Waals surface area contributed by atoms with E-state index in [0.29, 0.717) is 11.8 Å². The normalized spacial score (nSPS) is 23.3. The van der Waals surface area contributed by atoms with Crippen molar-refractivity contribution in [3.8, 4) is 0 Å². The second-order valence-electron chi connectivity index (χ2n) is 11.9. The van der Waals surface area contributed by atoms with Crippen molar-refractivity contribution < 1.29 is 14.3 Å². The largest absolute Gasteiger partial charge is 0.481 e. The van der Waals surface area contributed by atoms with Crippen LogP contribution in [0.3, 0.4) is 0 Å². The standard InChI is InChI=1S/C30H55FO2/c31-30-25-29(26-30,27-30)24-22-20-18-16-14-12-10-8-6-4-2-1-3-5-7-9-11-13-15-17-19-21-23-28(32)33/h1-27H2,(H,32,33). The highest BCUT2D eigenvalue weighted by molar-refractivity contribution is 5.66. The number of unbranched alkanes of at least 4 members (excludes halogenated alkanes) is 21. The van der Waals surface area contributed by atoms with Crippen molar-refractivity contribution in [3.63, 3.8) is 0 Å². The first-order valence-corrected chi connectivity index (χ1v) is 14.9. The summed E-state index contributed by atoms with van der Waals surface area (Å²) in [5, 5.41) is 8.61. The number of carbonyl (C=O) groups is 1. The minimum Gasteiger partial charge on any atom is -0.481 e. The number of hydrogen-bond acceptors (Lipinski definition) is 1. The molecule has 3 rings (SSSR count). The maximum absolute atomic E-state index is 13.5. The van der Waals surface area contributed by atoms with E-state index < -0.39 is 11.6 Å². The van der Waals surface area contributed by atoms with E-state index in [-0.39, 0.29) is 0 Å². The fourth-order valence-electron chi connectivity index (χ4n) is 6.44. The lowest BCUT2D eigenvalue weighted by molar-refractivity contribution is -0.217. The lowest BCUT2D eigenvalue weighted by Gasteiger charge is -2.66. The lowest BCUT2D eigenvalue weighted by Crippen LogP contribution is -2.64. The van der Waals surface area contributed by atoms with Crippen LogP contribution >= 0.6 is 0 Å². The van der Waals surface area contributed by atoms with Gasteiger partial charge in [-0.05, 0) is 37.5 Å². The van der Waals surface area contributed by atoms with E-state index in [9.17, 15) is 9.18 Å². The number of aliphatic carboxylic acids is 1. The van der Waals surface area contributed by atoms with Gasteiger partial charge >= 0.3 is 5.97 Å². The van der Waals surface area contributed by atoms with Gasteiger partial charge in [-0.3, -0.25) is 4.79 Å². The second kappa shape index (κ2) is 16.9. The Balaban J connectivity index is 1.15. The number of rotatable bonds is 25. The maximum Gasteiger partial charge on any atom is 0.303 e. The summed E-state index contributed by atoms with van der Waals surface area (Å²) in [5.74, 6) is -0.655. The molecule has 0 unspecified atom stereocenters. The molecule has 0 aromatic rings. The summed E-state index contributed by atoms with van der Waals surface area (Å²) in [6.07, 6.45) is 34.0. The Kier molecular flexibility index (Phi) is 14.7. The molecule has 2 nitrogen and oxygen atoms in total. The number of alkyl halides is 1. The van der Waals surface area contributed by atoms with Gasteiger partial charge < -0.3 is 5.11 Å². The van der Waals surface area contributed by atoms with Crippen LogP contribution in [0.5, 0.6) is 0 Å². The van der Waals surface area contributed by atoms with E-state index in [2.05, 4.69) is 0 Å². The Morgan fingerprint density at radius 1 is 0.515 bits per heavy atom. The van der Waals surface area contributed by atoms with Crippen LogP contribution in [-0.4, -0.2) is 16.7 Å². The van der Waals surface area contributed by atoms with E-state index >= 15 is 0 Å². The Morgan fingerprint density at radius 3 is 1.06 bits per heavy atom. The first-order valence-electron chi connectivity index (χ1n) is 14.9. The molecule has 0 spiro atoms. The van der Waals surface area contributed by atoms with Gasteiger partial charge in [-0.1, -0.05) is 135 Å². The van der Waals surface area contributed by atoms with Gasteiger partial charge in [0, 0.05) is 6.42 Å². The molecule has 0 saturated heterocycles. The summed E-state index contributed by atoms with van der Waals surface area (Å²) in [6.45, 7) is 0. The first kappa shape index (κ1) is 28.6. The summed E-state index contributed by atoms with van der Waals surface area (Å²) in [7, 11) is 0. The molecule has 0 heterocycles. The van der Waals surface area contributed by atoms with Crippen molar-refractivity contribution in [2.75, 3.05) is 0 Å². The average molecular weight is 467 g/mol.